The number of hydrogen-bond donors (Lipinski definition) is 2. The first-order valence-corrected chi connectivity index (χ1v) is 7.15. The van der Waals surface area contributed by atoms with Crippen LogP contribution in [0.1, 0.15) is 24.9 Å². The molecule has 1 unspecified atom stereocenters. The number of anilines is 1. The predicted octanol–water partition coefficient (Wildman–Crippen LogP) is 2.23. The lowest BCUT2D eigenvalue weighted by molar-refractivity contribution is 0.127. The Bertz CT molecular complexity index is 399. The molecule has 0 spiro atoms. The predicted molar refractivity (Wildman–Crippen MR) is 90.9 cm³/mol. The Morgan fingerprint density at radius 2 is 2.19 bits per heavy atom. The maximum Gasteiger partial charge on any atom is 0.129 e. The topological polar surface area (TPSA) is 59.1 Å². The van der Waals surface area contributed by atoms with E-state index in [2.05, 4.69) is 33.6 Å². The molecule has 1 aliphatic heterocycles. The van der Waals surface area contributed by atoms with Crippen molar-refractivity contribution in [2.24, 2.45) is 5.92 Å². The smallest absolute Gasteiger partial charge is 0.129 e. The second-order valence-electron chi connectivity index (χ2n) is 5.07. The van der Waals surface area contributed by atoms with E-state index in [0.717, 1.165) is 63.0 Å². The molecular weight excluding hydrogens is 311 g/mol. The zero-order valence-electron chi connectivity index (χ0n) is 12.7. The van der Waals surface area contributed by atoms with Crippen LogP contribution in [0.5, 0.6) is 0 Å². The monoisotopic (exact) mass is 336 g/mol. The maximum absolute atomic E-state index is 5.55. The lowest BCUT2D eigenvalue weighted by Gasteiger charge is -2.15. The van der Waals surface area contributed by atoms with Gasteiger partial charge in [0.2, 0.25) is 0 Å². The second-order valence-corrected chi connectivity index (χ2v) is 5.07. The van der Waals surface area contributed by atoms with Crippen molar-refractivity contribution in [1.82, 2.24) is 15.3 Å². The Balaban J connectivity index is 0.00000200. The highest BCUT2D eigenvalue weighted by Crippen LogP contribution is 2.10. The van der Waals surface area contributed by atoms with Crippen molar-refractivity contribution in [3.05, 3.63) is 17.6 Å². The second kappa shape index (κ2) is 11.0. The highest BCUT2D eigenvalue weighted by atomic mass is 35.5. The van der Waals surface area contributed by atoms with Crippen LogP contribution >= 0.6 is 24.8 Å². The van der Waals surface area contributed by atoms with E-state index >= 15 is 0 Å². The minimum absolute atomic E-state index is 0. The molecule has 122 valence electrons. The van der Waals surface area contributed by atoms with Crippen LogP contribution in [-0.2, 0) is 11.2 Å². The Hall–Kier alpha value is -0.620. The summed E-state index contributed by atoms with van der Waals surface area (Å²) in [5, 5.41) is 6.79. The van der Waals surface area contributed by atoms with Crippen molar-refractivity contribution in [2.75, 3.05) is 38.2 Å². The average Bonchev–Trinajstić information content (AvgIpc) is 2.64. The van der Waals surface area contributed by atoms with Crippen LogP contribution in [0, 0.1) is 12.8 Å². The minimum Gasteiger partial charge on any atom is -0.380 e. The fraction of sp³-hybridized carbons (Fsp3) is 0.714. The first-order chi connectivity index (χ1) is 9.28. The largest absolute Gasteiger partial charge is 0.380 e. The summed E-state index contributed by atoms with van der Waals surface area (Å²) in [6.07, 6.45) is 2.11. The molecule has 5 nitrogen and oxygen atoms in total. The SMILES string of the molecule is CCCc1cc(NCC2CNCCOC2)nc(C)n1.Cl.Cl. The molecule has 7 heteroatoms. The van der Waals surface area contributed by atoms with Gasteiger partial charge in [-0.1, -0.05) is 13.3 Å². The fourth-order valence-corrected chi connectivity index (χ4v) is 2.24. The first-order valence-electron chi connectivity index (χ1n) is 7.15. The minimum atomic E-state index is 0. The lowest BCUT2D eigenvalue weighted by Crippen LogP contribution is -2.28. The molecule has 1 aromatic heterocycles. The van der Waals surface area contributed by atoms with E-state index < -0.39 is 0 Å². The summed E-state index contributed by atoms with van der Waals surface area (Å²) >= 11 is 0. The maximum atomic E-state index is 5.55. The number of ether oxygens (including phenoxy) is 1. The molecule has 0 amide bonds. The van der Waals surface area contributed by atoms with Crippen LogP contribution in [0.4, 0.5) is 5.82 Å². The number of halogens is 2. The molecule has 1 aromatic rings. The molecular formula is C14H26Cl2N4O. The number of aryl methyl sites for hydroxylation is 2. The first kappa shape index (κ1) is 20.4. The van der Waals surface area contributed by atoms with Gasteiger partial charge in [0.15, 0.2) is 0 Å². The van der Waals surface area contributed by atoms with Crippen molar-refractivity contribution in [3.8, 4) is 0 Å². The van der Waals surface area contributed by atoms with Crippen molar-refractivity contribution in [3.63, 3.8) is 0 Å². The van der Waals surface area contributed by atoms with E-state index in [1.54, 1.807) is 0 Å². The Morgan fingerprint density at radius 1 is 1.38 bits per heavy atom. The van der Waals surface area contributed by atoms with Crippen LogP contribution in [0.15, 0.2) is 6.07 Å². The summed E-state index contributed by atoms with van der Waals surface area (Å²) < 4.78 is 5.55. The highest BCUT2D eigenvalue weighted by Gasteiger charge is 2.12. The summed E-state index contributed by atoms with van der Waals surface area (Å²) in [5.74, 6) is 2.26. The third-order valence-electron chi connectivity index (χ3n) is 3.18. The summed E-state index contributed by atoms with van der Waals surface area (Å²) in [5.41, 5.74) is 1.12. The van der Waals surface area contributed by atoms with Crippen LogP contribution in [-0.4, -0.2) is 42.8 Å². The standard InChI is InChI=1S/C14H24N4O.2ClH/c1-3-4-13-7-14(18-11(2)17-13)16-9-12-8-15-5-6-19-10-12;;/h7,12,15H,3-6,8-10H2,1-2H3,(H,16,17,18);2*1H. The van der Waals surface area contributed by atoms with E-state index in [9.17, 15) is 0 Å². The molecule has 2 rings (SSSR count). The normalized spacial score (nSPS) is 18.1. The molecule has 1 fully saturated rings. The molecule has 1 atom stereocenters. The number of nitrogens with zero attached hydrogens (tertiary/aromatic N) is 2. The molecule has 21 heavy (non-hydrogen) atoms. The molecule has 1 saturated heterocycles. The number of hydrogen-bond acceptors (Lipinski definition) is 5. The van der Waals surface area contributed by atoms with Gasteiger partial charge in [-0.3, -0.25) is 0 Å². The van der Waals surface area contributed by atoms with Crippen molar-refractivity contribution >= 4 is 30.6 Å². The summed E-state index contributed by atoms with van der Waals surface area (Å²) in [6, 6.07) is 2.06. The zero-order valence-corrected chi connectivity index (χ0v) is 14.4. The zero-order chi connectivity index (χ0) is 13.5. The Kier molecular flexibility index (Phi) is 10.7. The van der Waals surface area contributed by atoms with Crippen molar-refractivity contribution in [2.45, 2.75) is 26.7 Å². The summed E-state index contributed by atoms with van der Waals surface area (Å²) in [6.45, 7) is 8.56. The average molecular weight is 337 g/mol. The molecule has 1 aliphatic rings. The van der Waals surface area contributed by atoms with Gasteiger partial charge in [0.05, 0.1) is 13.2 Å². The van der Waals surface area contributed by atoms with Gasteiger partial charge in [-0.05, 0) is 13.3 Å². The number of aromatic nitrogens is 2. The molecule has 0 bridgehead atoms. The quantitative estimate of drug-likeness (QED) is 0.863. The van der Waals surface area contributed by atoms with Gasteiger partial charge in [0, 0.05) is 37.3 Å². The van der Waals surface area contributed by atoms with Crippen molar-refractivity contribution < 1.29 is 4.74 Å². The van der Waals surface area contributed by atoms with Crippen LogP contribution < -0.4 is 10.6 Å². The molecule has 2 N–H and O–H groups in total. The van der Waals surface area contributed by atoms with Crippen LogP contribution in [0.2, 0.25) is 0 Å². The van der Waals surface area contributed by atoms with E-state index in [1.807, 2.05) is 6.92 Å². The van der Waals surface area contributed by atoms with Gasteiger partial charge in [0.1, 0.15) is 11.6 Å². The van der Waals surface area contributed by atoms with E-state index in [4.69, 9.17) is 4.74 Å². The van der Waals surface area contributed by atoms with E-state index in [0.29, 0.717) is 5.92 Å². The van der Waals surface area contributed by atoms with Gasteiger partial charge in [-0.25, -0.2) is 9.97 Å². The third-order valence-corrected chi connectivity index (χ3v) is 3.18. The number of nitrogens with one attached hydrogen (secondary N) is 2. The molecule has 2 heterocycles. The molecule has 0 radical (unpaired) electrons. The fourth-order valence-electron chi connectivity index (χ4n) is 2.24. The molecule has 0 saturated carbocycles. The van der Waals surface area contributed by atoms with Crippen molar-refractivity contribution in [1.29, 1.82) is 0 Å². The van der Waals surface area contributed by atoms with E-state index in [1.165, 1.54) is 0 Å². The lowest BCUT2D eigenvalue weighted by atomic mass is 10.1. The van der Waals surface area contributed by atoms with Gasteiger partial charge in [-0.15, -0.1) is 24.8 Å². The third kappa shape index (κ3) is 7.27. The highest BCUT2D eigenvalue weighted by molar-refractivity contribution is 5.85. The van der Waals surface area contributed by atoms with Crippen LogP contribution in [0.3, 0.4) is 0 Å². The Morgan fingerprint density at radius 3 is 2.95 bits per heavy atom. The summed E-state index contributed by atoms with van der Waals surface area (Å²) in [7, 11) is 0. The van der Waals surface area contributed by atoms with Crippen LogP contribution in [0.25, 0.3) is 0 Å². The molecule has 0 aliphatic carbocycles. The van der Waals surface area contributed by atoms with Gasteiger partial charge >= 0.3 is 0 Å². The van der Waals surface area contributed by atoms with E-state index in [-0.39, 0.29) is 24.8 Å². The van der Waals surface area contributed by atoms with Gasteiger partial charge in [-0.2, -0.15) is 0 Å². The Labute approximate surface area is 139 Å². The van der Waals surface area contributed by atoms with Gasteiger partial charge < -0.3 is 15.4 Å². The number of rotatable bonds is 5. The molecule has 0 aromatic carbocycles. The summed E-state index contributed by atoms with van der Waals surface area (Å²) in [4.78, 5) is 8.89. The van der Waals surface area contributed by atoms with Gasteiger partial charge in [0.25, 0.3) is 0 Å².